The Morgan fingerprint density at radius 1 is 1.16 bits per heavy atom. The van der Waals surface area contributed by atoms with Gasteiger partial charge in [0, 0.05) is 32.2 Å². The van der Waals surface area contributed by atoms with Crippen LogP contribution in [0.2, 0.25) is 0 Å². The number of piperazine rings is 1. The Labute approximate surface area is 155 Å². The number of nitrogens with zero attached hydrogens (tertiary/aromatic N) is 1. The van der Waals surface area contributed by atoms with Crippen LogP contribution >= 0.6 is 12.4 Å². The molecule has 1 atom stereocenters. The van der Waals surface area contributed by atoms with Gasteiger partial charge in [0.25, 0.3) is 0 Å². The summed E-state index contributed by atoms with van der Waals surface area (Å²) in [7, 11) is 1.43. The highest BCUT2D eigenvalue weighted by molar-refractivity contribution is 5.90. The fourth-order valence-electron chi connectivity index (χ4n) is 3.28. The third-order valence-corrected chi connectivity index (χ3v) is 4.48. The smallest absolute Gasteiger partial charge is 0.338 e. The summed E-state index contributed by atoms with van der Waals surface area (Å²) in [5.41, 5.74) is 3.05. The molecule has 1 heterocycles. The van der Waals surface area contributed by atoms with Crippen LogP contribution in [0, 0.1) is 0 Å². The first kappa shape index (κ1) is 19.4. The predicted octanol–water partition coefficient (Wildman–Crippen LogP) is 2.91. The van der Waals surface area contributed by atoms with Gasteiger partial charge in [-0.2, -0.15) is 0 Å². The molecule has 4 nitrogen and oxygen atoms in total. The van der Waals surface area contributed by atoms with Crippen LogP contribution in [0.3, 0.4) is 0 Å². The molecule has 0 bridgehead atoms. The van der Waals surface area contributed by atoms with E-state index >= 15 is 0 Å². The quantitative estimate of drug-likeness (QED) is 0.832. The molecule has 0 amide bonds. The minimum atomic E-state index is -0.262. The van der Waals surface area contributed by atoms with E-state index in [2.05, 4.69) is 34.5 Å². The Hall–Kier alpha value is -1.88. The summed E-state index contributed by atoms with van der Waals surface area (Å²) >= 11 is 0. The van der Waals surface area contributed by atoms with Crippen molar-refractivity contribution < 1.29 is 9.53 Å². The number of hydrogen-bond donors (Lipinski definition) is 1. The lowest BCUT2D eigenvalue weighted by molar-refractivity contribution is 0.0598. The molecule has 134 valence electrons. The minimum Gasteiger partial charge on any atom is -0.465 e. The number of carbonyl (C=O) groups is 1. The average Bonchev–Trinajstić information content (AvgIpc) is 2.63. The van der Waals surface area contributed by atoms with Crippen LogP contribution in [-0.2, 0) is 17.7 Å². The van der Waals surface area contributed by atoms with Crippen molar-refractivity contribution >= 4 is 18.4 Å². The molecule has 25 heavy (non-hydrogen) atoms. The Morgan fingerprint density at radius 2 is 1.88 bits per heavy atom. The molecule has 3 rings (SSSR count). The van der Waals surface area contributed by atoms with Crippen molar-refractivity contribution in [3.8, 4) is 0 Å². The van der Waals surface area contributed by atoms with Crippen molar-refractivity contribution in [1.29, 1.82) is 0 Å². The molecule has 1 N–H and O–H groups in total. The third kappa shape index (κ3) is 5.30. The molecule has 2 aromatic carbocycles. The highest BCUT2D eigenvalue weighted by Crippen LogP contribution is 2.15. The SMILES string of the molecule is COC(=O)c1ccccc1CN1CCNC(Cc2ccccc2)C1.Cl. The number of halogens is 1. The van der Waals surface area contributed by atoms with Crippen LogP contribution in [0.15, 0.2) is 54.6 Å². The molecule has 0 aliphatic carbocycles. The highest BCUT2D eigenvalue weighted by atomic mass is 35.5. The van der Waals surface area contributed by atoms with E-state index in [-0.39, 0.29) is 18.4 Å². The topological polar surface area (TPSA) is 41.6 Å². The van der Waals surface area contributed by atoms with Gasteiger partial charge in [-0.3, -0.25) is 4.90 Å². The molecule has 0 radical (unpaired) electrons. The molecule has 1 unspecified atom stereocenters. The van der Waals surface area contributed by atoms with Crippen LogP contribution in [0.1, 0.15) is 21.5 Å². The maximum absolute atomic E-state index is 11.9. The third-order valence-electron chi connectivity index (χ3n) is 4.48. The molecule has 0 saturated carbocycles. The van der Waals surface area contributed by atoms with Gasteiger partial charge < -0.3 is 10.1 Å². The Morgan fingerprint density at radius 3 is 2.64 bits per heavy atom. The van der Waals surface area contributed by atoms with Gasteiger partial charge in [0.15, 0.2) is 0 Å². The largest absolute Gasteiger partial charge is 0.465 e. The standard InChI is InChI=1S/C20H24N2O2.ClH/c1-24-20(23)19-10-6-5-9-17(19)14-22-12-11-21-18(15-22)13-16-7-3-2-4-8-16;/h2-10,18,21H,11-15H2,1H3;1H. The van der Waals surface area contributed by atoms with E-state index in [9.17, 15) is 4.79 Å². The van der Waals surface area contributed by atoms with Gasteiger partial charge in [0.05, 0.1) is 12.7 Å². The first-order valence-corrected chi connectivity index (χ1v) is 8.42. The van der Waals surface area contributed by atoms with Gasteiger partial charge in [0.2, 0.25) is 0 Å². The van der Waals surface area contributed by atoms with Crippen molar-refractivity contribution in [2.75, 3.05) is 26.7 Å². The van der Waals surface area contributed by atoms with Crippen molar-refractivity contribution in [3.05, 3.63) is 71.3 Å². The van der Waals surface area contributed by atoms with Gasteiger partial charge in [0.1, 0.15) is 0 Å². The number of esters is 1. The molecular formula is C20H25ClN2O2. The van der Waals surface area contributed by atoms with E-state index in [0.717, 1.165) is 38.2 Å². The minimum absolute atomic E-state index is 0. The normalized spacial score (nSPS) is 17.6. The number of ether oxygens (including phenoxy) is 1. The maximum atomic E-state index is 11.9. The highest BCUT2D eigenvalue weighted by Gasteiger charge is 2.21. The van der Waals surface area contributed by atoms with E-state index in [4.69, 9.17) is 4.74 Å². The molecule has 1 fully saturated rings. The van der Waals surface area contributed by atoms with Gasteiger partial charge in [-0.25, -0.2) is 4.79 Å². The number of methoxy groups -OCH3 is 1. The van der Waals surface area contributed by atoms with Crippen LogP contribution in [0.5, 0.6) is 0 Å². The Kier molecular flexibility index (Phi) is 7.44. The zero-order chi connectivity index (χ0) is 16.8. The zero-order valence-electron chi connectivity index (χ0n) is 14.5. The van der Waals surface area contributed by atoms with Crippen LogP contribution in [-0.4, -0.2) is 43.7 Å². The van der Waals surface area contributed by atoms with Crippen molar-refractivity contribution in [2.45, 2.75) is 19.0 Å². The van der Waals surface area contributed by atoms with Gasteiger partial charge in [-0.1, -0.05) is 48.5 Å². The van der Waals surface area contributed by atoms with Crippen LogP contribution in [0.4, 0.5) is 0 Å². The van der Waals surface area contributed by atoms with Gasteiger partial charge in [-0.15, -0.1) is 12.4 Å². The van der Waals surface area contributed by atoms with E-state index in [1.54, 1.807) is 0 Å². The summed E-state index contributed by atoms with van der Waals surface area (Å²) in [4.78, 5) is 14.3. The predicted molar refractivity (Wildman–Crippen MR) is 102 cm³/mol. The van der Waals surface area contributed by atoms with Crippen LogP contribution in [0.25, 0.3) is 0 Å². The van der Waals surface area contributed by atoms with Gasteiger partial charge >= 0.3 is 5.97 Å². The maximum Gasteiger partial charge on any atom is 0.338 e. The Bertz CT molecular complexity index is 678. The van der Waals surface area contributed by atoms with Crippen molar-refractivity contribution in [2.24, 2.45) is 0 Å². The monoisotopic (exact) mass is 360 g/mol. The van der Waals surface area contributed by atoms with E-state index in [1.807, 2.05) is 30.3 Å². The molecule has 1 aliphatic heterocycles. The van der Waals surface area contributed by atoms with Crippen molar-refractivity contribution in [3.63, 3.8) is 0 Å². The molecule has 0 spiro atoms. The fourth-order valence-corrected chi connectivity index (χ4v) is 3.28. The molecule has 2 aromatic rings. The molecule has 0 aromatic heterocycles. The summed E-state index contributed by atoms with van der Waals surface area (Å²) in [5, 5.41) is 3.60. The molecule has 1 saturated heterocycles. The first-order chi connectivity index (χ1) is 11.8. The lowest BCUT2D eigenvalue weighted by Crippen LogP contribution is -2.51. The van der Waals surface area contributed by atoms with E-state index in [0.29, 0.717) is 11.6 Å². The second-order valence-corrected chi connectivity index (χ2v) is 6.22. The van der Waals surface area contributed by atoms with Crippen LogP contribution < -0.4 is 5.32 Å². The summed E-state index contributed by atoms with van der Waals surface area (Å²) in [6.07, 6.45) is 1.02. The second-order valence-electron chi connectivity index (χ2n) is 6.22. The summed E-state index contributed by atoms with van der Waals surface area (Å²) < 4.78 is 4.90. The zero-order valence-corrected chi connectivity index (χ0v) is 15.3. The summed E-state index contributed by atoms with van der Waals surface area (Å²) in [6, 6.07) is 18.7. The molecule has 5 heteroatoms. The lowest BCUT2D eigenvalue weighted by atomic mass is 10.0. The number of rotatable bonds is 5. The van der Waals surface area contributed by atoms with Crippen molar-refractivity contribution in [1.82, 2.24) is 10.2 Å². The van der Waals surface area contributed by atoms with E-state index < -0.39 is 0 Å². The Balaban J connectivity index is 0.00000225. The second kappa shape index (κ2) is 9.56. The van der Waals surface area contributed by atoms with E-state index in [1.165, 1.54) is 12.7 Å². The fraction of sp³-hybridized carbons (Fsp3) is 0.350. The summed E-state index contributed by atoms with van der Waals surface area (Å²) in [5.74, 6) is -0.262. The lowest BCUT2D eigenvalue weighted by Gasteiger charge is -2.34. The number of benzene rings is 2. The summed E-state index contributed by atoms with van der Waals surface area (Å²) in [6.45, 7) is 3.71. The number of nitrogens with one attached hydrogen (secondary N) is 1. The first-order valence-electron chi connectivity index (χ1n) is 8.42. The number of carbonyl (C=O) groups excluding carboxylic acids is 1. The molecule has 1 aliphatic rings. The molecular weight excluding hydrogens is 336 g/mol. The van der Waals surface area contributed by atoms with Gasteiger partial charge in [-0.05, 0) is 23.6 Å². The average molecular weight is 361 g/mol. The number of hydrogen-bond acceptors (Lipinski definition) is 4.